The summed E-state index contributed by atoms with van der Waals surface area (Å²) in [5.41, 5.74) is 2.51. The average Bonchev–Trinajstić information content (AvgIpc) is 2.17. The van der Waals surface area contributed by atoms with Gasteiger partial charge in [0.25, 0.3) is 0 Å². The third kappa shape index (κ3) is 3.60. The molecular formula is C12H17NO. The van der Waals surface area contributed by atoms with E-state index < -0.39 is 0 Å². The van der Waals surface area contributed by atoms with Crippen LogP contribution in [0.3, 0.4) is 0 Å². The van der Waals surface area contributed by atoms with Gasteiger partial charge in [0.15, 0.2) is 0 Å². The Hall–Kier alpha value is -1.31. The number of amides is 1. The molecule has 0 aromatic heterocycles. The number of benzene rings is 1. The molecule has 0 heterocycles. The number of aryl methyl sites for hydroxylation is 1. The quantitative estimate of drug-likeness (QED) is 0.777. The second kappa shape index (κ2) is 5.43. The number of hydrogen-bond donors (Lipinski definition) is 1. The van der Waals surface area contributed by atoms with E-state index >= 15 is 0 Å². The summed E-state index contributed by atoms with van der Waals surface area (Å²) in [5, 5.41) is 2.77. The van der Waals surface area contributed by atoms with E-state index in [1.807, 2.05) is 0 Å². The second-order valence-electron chi connectivity index (χ2n) is 3.48. The maximum atomic E-state index is 10.7. The van der Waals surface area contributed by atoms with Crippen molar-refractivity contribution in [2.24, 2.45) is 0 Å². The highest BCUT2D eigenvalue weighted by Gasteiger charge is 1.95. The first-order valence-electron chi connectivity index (χ1n) is 5.04. The van der Waals surface area contributed by atoms with Gasteiger partial charge >= 0.3 is 0 Å². The number of carbonyl (C=O) groups excluding carboxylic acids is 1. The van der Waals surface area contributed by atoms with Crippen molar-refractivity contribution >= 4 is 5.91 Å². The minimum Gasteiger partial charge on any atom is -0.352 e. The molecule has 1 amide bonds. The van der Waals surface area contributed by atoms with Gasteiger partial charge in [-0.3, -0.25) is 4.79 Å². The van der Waals surface area contributed by atoms with Crippen molar-refractivity contribution in [3.8, 4) is 0 Å². The molecule has 0 unspecified atom stereocenters. The number of carbonyl (C=O) groups is 1. The topological polar surface area (TPSA) is 29.1 Å². The summed E-state index contributed by atoms with van der Waals surface area (Å²) >= 11 is 0. The molecule has 14 heavy (non-hydrogen) atoms. The second-order valence-corrected chi connectivity index (χ2v) is 3.48. The maximum Gasteiger partial charge on any atom is 0.217 e. The first kappa shape index (κ1) is 10.8. The highest BCUT2D eigenvalue weighted by atomic mass is 16.1. The molecule has 0 aliphatic carbocycles. The fourth-order valence-corrected chi connectivity index (χ4v) is 1.34. The van der Waals surface area contributed by atoms with Crippen LogP contribution in [0.2, 0.25) is 0 Å². The van der Waals surface area contributed by atoms with E-state index in [2.05, 4.69) is 36.5 Å². The Labute approximate surface area is 85.3 Å². The summed E-state index contributed by atoms with van der Waals surface area (Å²) in [7, 11) is 0. The minimum absolute atomic E-state index is 0.0163. The summed E-state index contributed by atoms with van der Waals surface area (Å²) in [5.74, 6) is 0.0163. The van der Waals surface area contributed by atoms with E-state index in [9.17, 15) is 4.79 Å². The molecule has 0 atom stereocenters. The normalized spacial score (nSPS) is 9.86. The molecule has 2 nitrogen and oxygen atoms in total. The lowest BCUT2D eigenvalue weighted by atomic mass is 10.1. The smallest absolute Gasteiger partial charge is 0.217 e. The Kier molecular flexibility index (Phi) is 4.17. The first-order chi connectivity index (χ1) is 6.72. The van der Waals surface area contributed by atoms with Crippen molar-refractivity contribution in [3.63, 3.8) is 0 Å². The summed E-state index contributed by atoms with van der Waals surface area (Å²) in [4.78, 5) is 10.7. The van der Waals surface area contributed by atoms with Crippen molar-refractivity contribution < 1.29 is 4.79 Å². The van der Waals surface area contributed by atoms with Crippen LogP contribution >= 0.6 is 0 Å². The number of nitrogens with one attached hydrogen (secondary N) is 1. The van der Waals surface area contributed by atoms with Gasteiger partial charge in [-0.15, -0.1) is 0 Å². The van der Waals surface area contributed by atoms with Crippen LogP contribution in [0.25, 0.3) is 0 Å². The van der Waals surface area contributed by atoms with Gasteiger partial charge in [0, 0.05) is 13.5 Å². The van der Waals surface area contributed by atoms with Gasteiger partial charge < -0.3 is 5.32 Å². The monoisotopic (exact) mass is 191 g/mol. The van der Waals surface area contributed by atoms with Crippen LogP contribution in [0, 0.1) is 0 Å². The fourth-order valence-electron chi connectivity index (χ4n) is 1.34. The summed E-state index contributed by atoms with van der Waals surface area (Å²) in [6.45, 7) is 4.33. The predicted molar refractivity (Wildman–Crippen MR) is 58.0 cm³/mol. The molecule has 1 rings (SSSR count). The van der Waals surface area contributed by atoms with Gasteiger partial charge in [-0.05, 0) is 17.5 Å². The minimum atomic E-state index is 0.0163. The van der Waals surface area contributed by atoms with Gasteiger partial charge in [0.05, 0.1) is 0 Å². The Bertz CT molecular complexity index is 290. The molecule has 0 bridgehead atoms. The molecule has 76 valence electrons. The largest absolute Gasteiger partial charge is 0.352 e. The average molecular weight is 191 g/mol. The van der Waals surface area contributed by atoms with Crippen molar-refractivity contribution in [1.29, 1.82) is 0 Å². The van der Waals surface area contributed by atoms with Gasteiger partial charge in [0.2, 0.25) is 5.91 Å². The molecule has 0 fully saturated rings. The highest BCUT2D eigenvalue weighted by Crippen LogP contribution is 2.06. The molecule has 1 aromatic carbocycles. The van der Waals surface area contributed by atoms with Crippen molar-refractivity contribution in [3.05, 3.63) is 35.4 Å². The van der Waals surface area contributed by atoms with Crippen LogP contribution in [0.5, 0.6) is 0 Å². The van der Waals surface area contributed by atoms with Gasteiger partial charge in [-0.25, -0.2) is 0 Å². The van der Waals surface area contributed by atoms with Crippen LogP contribution in [0.1, 0.15) is 31.4 Å². The zero-order chi connectivity index (χ0) is 10.4. The third-order valence-electron chi connectivity index (χ3n) is 2.10. The summed E-state index contributed by atoms with van der Waals surface area (Å²) in [6.07, 6.45) is 2.30. The van der Waals surface area contributed by atoms with Crippen molar-refractivity contribution in [2.45, 2.75) is 33.2 Å². The zero-order valence-electron chi connectivity index (χ0n) is 8.84. The molecule has 0 saturated carbocycles. The Morgan fingerprint density at radius 2 is 1.79 bits per heavy atom. The van der Waals surface area contributed by atoms with Gasteiger partial charge in [0.1, 0.15) is 0 Å². The van der Waals surface area contributed by atoms with E-state index in [-0.39, 0.29) is 5.91 Å². The van der Waals surface area contributed by atoms with Gasteiger partial charge in [-0.1, -0.05) is 37.6 Å². The predicted octanol–water partition coefficient (Wildman–Crippen LogP) is 2.28. The molecule has 1 N–H and O–H groups in total. The zero-order valence-corrected chi connectivity index (χ0v) is 8.84. The molecule has 2 heteroatoms. The van der Waals surface area contributed by atoms with E-state index in [1.54, 1.807) is 0 Å². The molecule has 0 aliphatic heterocycles. The summed E-state index contributed by atoms with van der Waals surface area (Å²) < 4.78 is 0. The molecule has 0 aliphatic rings. The Morgan fingerprint density at radius 3 is 2.29 bits per heavy atom. The van der Waals surface area contributed by atoms with Crippen LogP contribution in [0.4, 0.5) is 0 Å². The Balaban J connectivity index is 2.50. The first-order valence-corrected chi connectivity index (χ1v) is 5.04. The standard InChI is InChI=1S/C12H17NO/c1-3-4-11-5-7-12(8-6-11)9-13-10(2)14/h5-8H,3-4,9H2,1-2H3,(H,13,14). The lowest BCUT2D eigenvalue weighted by Gasteiger charge is -2.03. The number of rotatable bonds is 4. The van der Waals surface area contributed by atoms with E-state index in [4.69, 9.17) is 0 Å². The molecule has 1 aromatic rings. The molecule has 0 spiro atoms. The van der Waals surface area contributed by atoms with Crippen LogP contribution in [-0.2, 0) is 17.8 Å². The molecule has 0 saturated heterocycles. The molecule has 0 radical (unpaired) electrons. The highest BCUT2D eigenvalue weighted by molar-refractivity contribution is 5.72. The lowest BCUT2D eigenvalue weighted by molar-refractivity contribution is -0.119. The number of hydrogen-bond acceptors (Lipinski definition) is 1. The fraction of sp³-hybridized carbons (Fsp3) is 0.417. The van der Waals surface area contributed by atoms with Crippen LogP contribution in [-0.4, -0.2) is 5.91 Å². The van der Waals surface area contributed by atoms with Crippen molar-refractivity contribution in [2.75, 3.05) is 0 Å². The van der Waals surface area contributed by atoms with Crippen LogP contribution in [0.15, 0.2) is 24.3 Å². The Morgan fingerprint density at radius 1 is 1.21 bits per heavy atom. The SMILES string of the molecule is CCCc1ccc(CNC(C)=O)cc1. The van der Waals surface area contributed by atoms with Crippen molar-refractivity contribution in [1.82, 2.24) is 5.32 Å². The van der Waals surface area contributed by atoms with E-state index in [0.717, 1.165) is 12.0 Å². The van der Waals surface area contributed by atoms with E-state index in [0.29, 0.717) is 6.54 Å². The van der Waals surface area contributed by atoms with Gasteiger partial charge in [-0.2, -0.15) is 0 Å². The lowest BCUT2D eigenvalue weighted by Crippen LogP contribution is -2.18. The third-order valence-corrected chi connectivity index (χ3v) is 2.10. The van der Waals surface area contributed by atoms with E-state index in [1.165, 1.54) is 18.9 Å². The molecular weight excluding hydrogens is 174 g/mol. The summed E-state index contributed by atoms with van der Waals surface area (Å²) in [6, 6.07) is 8.39. The van der Waals surface area contributed by atoms with Crippen LogP contribution < -0.4 is 5.32 Å². The maximum absolute atomic E-state index is 10.7.